The minimum absolute atomic E-state index is 0.0238. The quantitative estimate of drug-likeness (QED) is 0.594. The molecule has 1 aliphatic heterocycles. The zero-order valence-electron chi connectivity index (χ0n) is 11.2. The number of ether oxygens (including phenoxy) is 1. The number of carbonyl (C=O) groups excluding carboxylic acids is 2. The standard InChI is InChI=1S/C12H13FN2O5S/c1-20-12(17)9-5-14-3-2-10(9)15-6-8(4-11(15)16)7-21(13,18)19/h2-3,5,8H,4,6-7H2,1H3. The first kappa shape index (κ1) is 15.4. The van der Waals surface area contributed by atoms with Gasteiger partial charge in [-0.05, 0) is 6.07 Å². The molecule has 1 aromatic rings. The third-order valence-corrected chi connectivity index (χ3v) is 4.00. The van der Waals surface area contributed by atoms with Crippen LogP contribution < -0.4 is 4.90 Å². The molecule has 1 fully saturated rings. The maximum Gasteiger partial charge on any atom is 0.341 e. The van der Waals surface area contributed by atoms with Gasteiger partial charge in [-0.1, -0.05) is 0 Å². The summed E-state index contributed by atoms with van der Waals surface area (Å²) in [5.41, 5.74) is 0.373. The summed E-state index contributed by atoms with van der Waals surface area (Å²) in [5.74, 6) is -2.40. The molecular formula is C12H13FN2O5S. The van der Waals surface area contributed by atoms with E-state index in [4.69, 9.17) is 0 Å². The molecule has 21 heavy (non-hydrogen) atoms. The van der Waals surface area contributed by atoms with E-state index in [1.807, 2.05) is 0 Å². The highest BCUT2D eigenvalue weighted by molar-refractivity contribution is 7.86. The summed E-state index contributed by atoms with van der Waals surface area (Å²) in [6.07, 6.45) is 2.56. The van der Waals surface area contributed by atoms with Crippen molar-refractivity contribution in [2.75, 3.05) is 24.3 Å². The van der Waals surface area contributed by atoms with Crippen LogP contribution in [0.3, 0.4) is 0 Å². The third kappa shape index (κ3) is 3.54. The van der Waals surface area contributed by atoms with Gasteiger partial charge in [0.05, 0.1) is 18.6 Å². The maximum absolute atomic E-state index is 12.7. The van der Waals surface area contributed by atoms with Crippen molar-refractivity contribution in [1.29, 1.82) is 0 Å². The summed E-state index contributed by atoms with van der Waals surface area (Å²) < 4.78 is 38.7. The number of aromatic nitrogens is 1. The lowest BCUT2D eigenvalue weighted by Gasteiger charge is -2.18. The number of carbonyl (C=O) groups is 2. The van der Waals surface area contributed by atoms with Crippen LogP contribution in [0.4, 0.5) is 9.57 Å². The molecule has 114 valence electrons. The highest BCUT2D eigenvalue weighted by atomic mass is 32.3. The van der Waals surface area contributed by atoms with Crippen LogP contribution in [0, 0.1) is 5.92 Å². The van der Waals surface area contributed by atoms with E-state index in [1.54, 1.807) is 0 Å². The maximum atomic E-state index is 12.7. The average Bonchev–Trinajstić information content (AvgIpc) is 2.76. The van der Waals surface area contributed by atoms with Crippen molar-refractivity contribution in [3.8, 4) is 0 Å². The summed E-state index contributed by atoms with van der Waals surface area (Å²) in [7, 11) is -3.45. The number of amides is 1. The van der Waals surface area contributed by atoms with E-state index >= 15 is 0 Å². The van der Waals surface area contributed by atoms with Gasteiger partial charge in [-0.15, -0.1) is 3.89 Å². The molecule has 0 aromatic carbocycles. The molecule has 2 heterocycles. The van der Waals surface area contributed by atoms with Crippen molar-refractivity contribution >= 4 is 27.8 Å². The Kier molecular flexibility index (Phi) is 4.21. The minimum atomic E-state index is -4.65. The lowest BCUT2D eigenvalue weighted by atomic mass is 10.1. The molecule has 0 spiro atoms. The first-order chi connectivity index (χ1) is 9.81. The number of esters is 1. The lowest BCUT2D eigenvalue weighted by molar-refractivity contribution is -0.117. The molecule has 9 heteroatoms. The molecule has 1 atom stereocenters. The molecule has 2 rings (SSSR count). The summed E-state index contributed by atoms with van der Waals surface area (Å²) in [4.78, 5) is 28.7. The van der Waals surface area contributed by atoms with Crippen LogP contribution in [0.2, 0.25) is 0 Å². The van der Waals surface area contributed by atoms with Gasteiger partial charge in [-0.25, -0.2) is 4.79 Å². The number of rotatable bonds is 4. The van der Waals surface area contributed by atoms with E-state index in [0.29, 0.717) is 0 Å². The van der Waals surface area contributed by atoms with Crippen LogP contribution >= 0.6 is 0 Å². The second-order valence-corrected chi connectivity index (χ2v) is 6.08. The number of hydrogen-bond donors (Lipinski definition) is 0. The molecule has 0 saturated carbocycles. The second-order valence-electron chi connectivity index (χ2n) is 4.66. The molecule has 1 aromatic heterocycles. The second kappa shape index (κ2) is 5.76. The fraction of sp³-hybridized carbons (Fsp3) is 0.417. The predicted octanol–water partition coefficient (Wildman–Crippen LogP) is 0.520. The van der Waals surface area contributed by atoms with Gasteiger partial charge in [0.2, 0.25) is 5.91 Å². The van der Waals surface area contributed by atoms with Gasteiger partial charge in [0.25, 0.3) is 0 Å². The number of halogens is 1. The van der Waals surface area contributed by atoms with Crippen molar-refractivity contribution in [1.82, 2.24) is 4.98 Å². The number of pyridine rings is 1. The van der Waals surface area contributed by atoms with Gasteiger partial charge >= 0.3 is 16.2 Å². The van der Waals surface area contributed by atoms with Gasteiger partial charge in [0, 0.05) is 31.3 Å². The molecule has 1 aliphatic rings. The fourth-order valence-corrected chi connectivity index (χ4v) is 3.08. The SMILES string of the molecule is COC(=O)c1cnccc1N1CC(CS(=O)(=O)F)CC1=O. The highest BCUT2D eigenvalue weighted by Crippen LogP contribution is 2.28. The smallest absolute Gasteiger partial charge is 0.341 e. The normalized spacial score (nSPS) is 18.9. The van der Waals surface area contributed by atoms with Crippen molar-refractivity contribution in [3.05, 3.63) is 24.0 Å². The molecule has 1 unspecified atom stereocenters. The number of methoxy groups -OCH3 is 1. The van der Waals surface area contributed by atoms with E-state index in [2.05, 4.69) is 9.72 Å². The van der Waals surface area contributed by atoms with Gasteiger partial charge in [0.1, 0.15) is 5.56 Å². The van der Waals surface area contributed by atoms with Crippen molar-refractivity contribution < 1.29 is 26.6 Å². The molecule has 1 saturated heterocycles. The molecule has 1 amide bonds. The number of anilines is 1. The van der Waals surface area contributed by atoms with Crippen molar-refractivity contribution in [2.45, 2.75) is 6.42 Å². The van der Waals surface area contributed by atoms with Crippen molar-refractivity contribution in [3.63, 3.8) is 0 Å². The van der Waals surface area contributed by atoms with Crippen LogP contribution in [0.25, 0.3) is 0 Å². The van der Waals surface area contributed by atoms with E-state index in [1.165, 1.54) is 30.5 Å². The van der Waals surface area contributed by atoms with Crippen LogP contribution in [0.5, 0.6) is 0 Å². The molecule has 7 nitrogen and oxygen atoms in total. The summed E-state index contributed by atoms with van der Waals surface area (Å²) in [6.45, 7) is 0.0238. The minimum Gasteiger partial charge on any atom is -0.465 e. The van der Waals surface area contributed by atoms with Gasteiger partial charge in [0.15, 0.2) is 0 Å². The lowest BCUT2D eigenvalue weighted by Crippen LogP contribution is -2.27. The highest BCUT2D eigenvalue weighted by Gasteiger charge is 2.35. The zero-order chi connectivity index (χ0) is 15.6. The molecule has 0 aliphatic carbocycles. The Morgan fingerprint density at radius 2 is 2.29 bits per heavy atom. The Bertz CT molecular complexity index is 676. The Balaban J connectivity index is 2.27. The van der Waals surface area contributed by atoms with E-state index < -0.39 is 27.9 Å². The average molecular weight is 316 g/mol. The topological polar surface area (TPSA) is 93.6 Å². The van der Waals surface area contributed by atoms with Crippen LogP contribution in [-0.2, 0) is 19.8 Å². The monoisotopic (exact) mass is 316 g/mol. The Hall–Kier alpha value is -2.03. The van der Waals surface area contributed by atoms with E-state index in [9.17, 15) is 21.9 Å². The number of hydrogen-bond acceptors (Lipinski definition) is 6. The third-order valence-electron chi connectivity index (χ3n) is 3.13. The van der Waals surface area contributed by atoms with Crippen LogP contribution in [-0.4, -0.2) is 44.7 Å². The zero-order valence-corrected chi connectivity index (χ0v) is 12.0. The number of nitrogens with zero attached hydrogens (tertiary/aromatic N) is 2. The molecular weight excluding hydrogens is 303 g/mol. The van der Waals surface area contributed by atoms with Gasteiger partial charge in [-0.3, -0.25) is 9.78 Å². The summed E-state index contributed by atoms with van der Waals surface area (Å²) in [6, 6.07) is 1.45. The molecule has 0 radical (unpaired) electrons. The van der Waals surface area contributed by atoms with E-state index in [0.717, 1.165) is 0 Å². The Morgan fingerprint density at radius 1 is 1.57 bits per heavy atom. The van der Waals surface area contributed by atoms with Gasteiger partial charge < -0.3 is 9.64 Å². The van der Waals surface area contributed by atoms with Crippen LogP contribution in [0.15, 0.2) is 18.5 Å². The molecule has 0 bridgehead atoms. The first-order valence-electron chi connectivity index (χ1n) is 6.07. The predicted molar refractivity (Wildman–Crippen MR) is 70.9 cm³/mol. The first-order valence-corrected chi connectivity index (χ1v) is 7.62. The van der Waals surface area contributed by atoms with Crippen molar-refractivity contribution in [2.24, 2.45) is 5.92 Å². The summed E-state index contributed by atoms with van der Waals surface area (Å²) in [5, 5.41) is 0. The molecule has 0 N–H and O–H groups in total. The Morgan fingerprint density at radius 3 is 2.90 bits per heavy atom. The van der Waals surface area contributed by atoms with Crippen LogP contribution in [0.1, 0.15) is 16.8 Å². The van der Waals surface area contributed by atoms with E-state index in [-0.39, 0.29) is 30.1 Å². The van der Waals surface area contributed by atoms with Gasteiger partial charge in [-0.2, -0.15) is 8.42 Å². The summed E-state index contributed by atoms with van der Waals surface area (Å²) >= 11 is 0. The Labute approximate surface area is 120 Å². The largest absolute Gasteiger partial charge is 0.465 e. The fourth-order valence-electron chi connectivity index (χ4n) is 2.30.